The van der Waals surface area contributed by atoms with E-state index in [9.17, 15) is 0 Å². The first kappa shape index (κ1) is 9.82. The Bertz CT molecular complexity index is 474. The molecule has 0 aliphatic carbocycles. The van der Waals surface area contributed by atoms with Gasteiger partial charge in [-0.1, -0.05) is 19.1 Å². The van der Waals surface area contributed by atoms with Gasteiger partial charge >= 0.3 is 0 Å². The Balaban J connectivity index is 2.59. The van der Waals surface area contributed by atoms with Gasteiger partial charge in [0.25, 0.3) is 0 Å². The van der Waals surface area contributed by atoms with Gasteiger partial charge in [0.1, 0.15) is 6.33 Å². The van der Waals surface area contributed by atoms with Crippen molar-refractivity contribution in [3.8, 4) is 0 Å². The van der Waals surface area contributed by atoms with E-state index in [0.29, 0.717) is 22.9 Å². The molecule has 0 saturated carbocycles. The molecule has 2 N–H and O–H groups in total. The van der Waals surface area contributed by atoms with E-state index in [4.69, 9.17) is 5.73 Å². The molecule has 0 saturated heterocycles. The lowest BCUT2D eigenvalue weighted by atomic mass is 10.1. The molecular weight excluding hydrogens is 192 g/mol. The molecule has 1 unspecified atom stereocenters. The Morgan fingerprint density at radius 2 is 2.00 bits per heavy atom. The number of hydrogen-bond donors (Lipinski definition) is 1. The van der Waals surface area contributed by atoms with Crippen LogP contribution in [0, 0.1) is 5.92 Å². The SMILES string of the molecule is CC(C)C(C)n1nnc2c(N)ncnc21. The fourth-order valence-electron chi connectivity index (χ4n) is 1.34. The van der Waals surface area contributed by atoms with Gasteiger partial charge < -0.3 is 5.73 Å². The molecule has 0 amide bonds. The molecular formula is C9H14N6. The minimum Gasteiger partial charge on any atom is -0.382 e. The maximum atomic E-state index is 5.68. The molecule has 0 aliphatic rings. The average molecular weight is 206 g/mol. The normalized spacial score (nSPS) is 13.6. The van der Waals surface area contributed by atoms with Gasteiger partial charge in [-0.25, -0.2) is 14.6 Å². The van der Waals surface area contributed by atoms with Crippen molar-refractivity contribution in [3.05, 3.63) is 6.33 Å². The summed E-state index contributed by atoms with van der Waals surface area (Å²) < 4.78 is 1.79. The first-order chi connectivity index (χ1) is 7.11. The van der Waals surface area contributed by atoms with Gasteiger partial charge in [-0.2, -0.15) is 0 Å². The van der Waals surface area contributed by atoms with Crippen LogP contribution in [0.15, 0.2) is 6.33 Å². The van der Waals surface area contributed by atoms with E-state index < -0.39 is 0 Å². The molecule has 0 fully saturated rings. The molecule has 6 heteroatoms. The van der Waals surface area contributed by atoms with Crippen LogP contribution in [-0.4, -0.2) is 25.0 Å². The molecule has 0 aromatic carbocycles. The van der Waals surface area contributed by atoms with Gasteiger partial charge in [-0.3, -0.25) is 0 Å². The van der Waals surface area contributed by atoms with Gasteiger partial charge in [0, 0.05) is 0 Å². The van der Waals surface area contributed by atoms with Crippen molar-refractivity contribution in [1.82, 2.24) is 25.0 Å². The summed E-state index contributed by atoms with van der Waals surface area (Å²) in [5.74, 6) is 0.841. The summed E-state index contributed by atoms with van der Waals surface area (Å²) in [6.07, 6.45) is 1.44. The van der Waals surface area contributed by atoms with E-state index in [0.717, 1.165) is 0 Å². The van der Waals surface area contributed by atoms with Crippen LogP contribution in [-0.2, 0) is 0 Å². The molecule has 2 aromatic rings. The van der Waals surface area contributed by atoms with Crippen molar-refractivity contribution in [2.45, 2.75) is 26.8 Å². The summed E-state index contributed by atoms with van der Waals surface area (Å²) in [4.78, 5) is 8.03. The minimum absolute atomic E-state index is 0.240. The van der Waals surface area contributed by atoms with Crippen LogP contribution >= 0.6 is 0 Å². The summed E-state index contributed by atoms with van der Waals surface area (Å²) in [5, 5.41) is 8.05. The first-order valence-electron chi connectivity index (χ1n) is 4.92. The lowest BCUT2D eigenvalue weighted by molar-refractivity contribution is 0.375. The lowest BCUT2D eigenvalue weighted by Crippen LogP contribution is -2.13. The van der Waals surface area contributed by atoms with Crippen LogP contribution < -0.4 is 5.73 Å². The molecule has 1 atom stereocenters. The highest BCUT2D eigenvalue weighted by Gasteiger charge is 2.16. The second kappa shape index (κ2) is 3.45. The molecule has 0 aliphatic heterocycles. The maximum absolute atomic E-state index is 5.68. The van der Waals surface area contributed by atoms with Crippen molar-refractivity contribution < 1.29 is 0 Å². The van der Waals surface area contributed by atoms with Crippen LogP contribution in [0.3, 0.4) is 0 Å². The fourth-order valence-corrected chi connectivity index (χ4v) is 1.34. The summed E-state index contributed by atoms with van der Waals surface area (Å²) in [5.41, 5.74) is 6.95. The number of aromatic nitrogens is 5. The van der Waals surface area contributed by atoms with Crippen LogP contribution in [0.1, 0.15) is 26.8 Å². The Labute approximate surface area is 87.5 Å². The van der Waals surface area contributed by atoms with Gasteiger partial charge in [0.05, 0.1) is 6.04 Å². The van der Waals surface area contributed by atoms with Gasteiger partial charge in [0.2, 0.25) is 0 Å². The monoisotopic (exact) mass is 206 g/mol. The van der Waals surface area contributed by atoms with Crippen molar-refractivity contribution in [3.63, 3.8) is 0 Å². The molecule has 0 spiro atoms. The zero-order chi connectivity index (χ0) is 11.0. The zero-order valence-corrected chi connectivity index (χ0v) is 9.05. The zero-order valence-electron chi connectivity index (χ0n) is 9.05. The molecule has 2 aromatic heterocycles. The van der Waals surface area contributed by atoms with Crippen LogP contribution in [0.25, 0.3) is 11.2 Å². The summed E-state index contributed by atoms with van der Waals surface area (Å²) in [6.45, 7) is 6.34. The number of anilines is 1. The van der Waals surface area contributed by atoms with Gasteiger partial charge in [-0.15, -0.1) is 5.10 Å². The molecule has 0 radical (unpaired) electrons. The third kappa shape index (κ3) is 1.51. The highest BCUT2D eigenvalue weighted by atomic mass is 15.5. The number of nitrogen functional groups attached to an aromatic ring is 1. The van der Waals surface area contributed by atoms with Gasteiger partial charge in [0.15, 0.2) is 17.0 Å². The molecule has 2 rings (SSSR count). The Hall–Kier alpha value is -1.72. The Kier molecular flexibility index (Phi) is 2.26. The average Bonchev–Trinajstić information content (AvgIpc) is 2.61. The van der Waals surface area contributed by atoms with Crippen molar-refractivity contribution >= 4 is 17.0 Å². The van der Waals surface area contributed by atoms with E-state index in [1.807, 2.05) is 0 Å². The van der Waals surface area contributed by atoms with Crippen LogP contribution in [0.5, 0.6) is 0 Å². The molecule has 6 nitrogen and oxygen atoms in total. The maximum Gasteiger partial charge on any atom is 0.184 e. The number of rotatable bonds is 2. The van der Waals surface area contributed by atoms with E-state index in [2.05, 4.69) is 41.1 Å². The number of hydrogen-bond acceptors (Lipinski definition) is 5. The van der Waals surface area contributed by atoms with E-state index in [1.54, 1.807) is 4.68 Å². The van der Waals surface area contributed by atoms with E-state index in [-0.39, 0.29) is 6.04 Å². The number of fused-ring (bicyclic) bond motifs is 1. The third-order valence-corrected chi connectivity index (χ3v) is 2.64. The second-order valence-corrected chi connectivity index (χ2v) is 3.95. The van der Waals surface area contributed by atoms with E-state index in [1.165, 1.54) is 6.33 Å². The second-order valence-electron chi connectivity index (χ2n) is 3.95. The topological polar surface area (TPSA) is 82.5 Å². The molecule has 80 valence electrons. The molecule has 2 heterocycles. The standard InChI is InChI=1S/C9H14N6/c1-5(2)6(3)15-9-7(13-14-15)8(10)11-4-12-9/h4-6H,1-3H3,(H2,10,11,12). The summed E-state index contributed by atoms with van der Waals surface area (Å²) >= 11 is 0. The fraction of sp³-hybridized carbons (Fsp3) is 0.556. The Morgan fingerprint density at radius 1 is 1.27 bits per heavy atom. The quantitative estimate of drug-likeness (QED) is 0.793. The first-order valence-corrected chi connectivity index (χ1v) is 4.92. The number of nitrogens with two attached hydrogens (primary N) is 1. The smallest absolute Gasteiger partial charge is 0.184 e. The summed E-state index contributed by atoms with van der Waals surface area (Å²) in [7, 11) is 0. The molecule has 0 bridgehead atoms. The summed E-state index contributed by atoms with van der Waals surface area (Å²) in [6, 6.07) is 0.240. The van der Waals surface area contributed by atoms with Crippen LogP contribution in [0.2, 0.25) is 0 Å². The number of nitrogens with zero attached hydrogens (tertiary/aromatic N) is 5. The van der Waals surface area contributed by atoms with Crippen molar-refractivity contribution in [2.24, 2.45) is 5.92 Å². The highest BCUT2D eigenvalue weighted by molar-refractivity contribution is 5.80. The van der Waals surface area contributed by atoms with Crippen LogP contribution in [0.4, 0.5) is 5.82 Å². The third-order valence-electron chi connectivity index (χ3n) is 2.64. The predicted octanol–water partition coefficient (Wildman–Crippen LogP) is 1.02. The minimum atomic E-state index is 0.240. The van der Waals surface area contributed by atoms with Crippen molar-refractivity contribution in [1.29, 1.82) is 0 Å². The van der Waals surface area contributed by atoms with E-state index >= 15 is 0 Å². The highest BCUT2D eigenvalue weighted by Crippen LogP contribution is 2.21. The lowest BCUT2D eigenvalue weighted by Gasteiger charge is -2.15. The predicted molar refractivity (Wildman–Crippen MR) is 57.1 cm³/mol. The van der Waals surface area contributed by atoms with Crippen molar-refractivity contribution in [2.75, 3.05) is 5.73 Å². The molecule has 15 heavy (non-hydrogen) atoms. The Morgan fingerprint density at radius 3 is 2.67 bits per heavy atom. The largest absolute Gasteiger partial charge is 0.382 e. The van der Waals surface area contributed by atoms with Gasteiger partial charge in [-0.05, 0) is 12.8 Å².